The highest BCUT2D eigenvalue weighted by Crippen LogP contribution is 2.42. The van der Waals surface area contributed by atoms with Crippen molar-refractivity contribution in [3.05, 3.63) is 71.0 Å². The largest absolute Gasteiger partial charge is 0.438 e. The van der Waals surface area contributed by atoms with Gasteiger partial charge in [-0.15, -0.1) is 0 Å². The fraction of sp³-hybridized carbons (Fsp3) is 0.222. The van der Waals surface area contributed by atoms with Crippen LogP contribution in [-0.2, 0) is 0 Å². The van der Waals surface area contributed by atoms with E-state index >= 15 is 0 Å². The molecule has 1 aliphatic rings. The van der Waals surface area contributed by atoms with E-state index in [9.17, 15) is 27.5 Å². The zero-order valence-electron chi connectivity index (χ0n) is 13.6. The van der Waals surface area contributed by atoms with Gasteiger partial charge in [-0.1, -0.05) is 29.8 Å². The van der Waals surface area contributed by atoms with E-state index in [4.69, 9.17) is 0 Å². The van der Waals surface area contributed by atoms with Crippen molar-refractivity contribution in [2.24, 2.45) is 5.10 Å². The summed E-state index contributed by atoms with van der Waals surface area (Å²) >= 11 is 0. The molecule has 0 saturated carbocycles. The predicted octanol–water partition coefficient (Wildman–Crippen LogP) is 3.64. The molecule has 0 saturated heterocycles. The highest BCUT2D eigenvalue weighted by molar-refractivity contribution is 6.05. The Morgan fingerprint density at radius 1 is 1.12 bits per heavy atom. The number of hydrogen-bond donors (Lipinski definition) is 1. The molecule has 0 spiro atoms. The molecule has 0 fully saturated rings. The first-order chi connectivity index (χ1) is 12.1. The summed E-state index contributed by atoms with van der Waals surface area (Å²) in [4.78, 5) is 12.6. The summed E-state index contributed by atoms with van der Waals surface area (Å²) in [5.74, 6) is -1.65. The minimum atomic E-state index is -5.13. The van der Waals surface area contributed by atoms with E-state index in [1.807, 2.05) is 0 Å². The van der Waals surface area contributed by atoms with E-state index in [2.05, 4.69) is 5.10 Å². The Bertz CT molecular complexity index is 860. The Kier molecular flexibility index (Phi) is 4.31. The smallest absolute Gasteiger partial charge is 0.362 e. The Morgan fingerprint density at radius 3 is 2.23 bits per heavy atom. The van der Waals surface area contributed by atoms with E-state index in [1.54, 1.807) is 19.1 Å². The highest BCUT2D eigenvalue weighted by Gasteiger charge is 2.63. The second kappa shape index (κ2) is 6.21. The maximum atomic E-state index is 13.5. The van der Waals surface area contributed by atoms with Crippen molar-refractivity contribution in [2.45, 2.75) is 25.2 Å². The van der Waals surface area contributed by atoms with Crippen LogP contribution in [0.4, 0.5) is 17.6 Å². The Morgan fingerprint density at radius 2 is 1.69 bits per heavy atom. The predicted molar refractivity (Wildman–Crippen MR) is 85.9 cm³/mol. The minimum Gasteiger partial charge on any atom is -0.362 e. The van der Waals surface area contributed by atoms with Crippen molar-refractivity contribution in [2.75, 3.05) is 0 Å². The van der Waals surface area contributed by atoms with E-state index < -0.39 is 30.0 Å². The van der Waals surface area contributed by atoms with Crippen LogP contribution in [0, 0.1) is 12.7 Å². The Hall–Kier alpha value is -2.74. The summed E-state index contributed by atoms with van der Waals surface area (Å²) in [7, 11) is 0. The lowest BCUT2D eigenvalue weighted by Gasteiger charge is -2.32. The molecule has 1 atom stereocenters. The number of carbonyl (C=O) groups is 1. The topological polar surface area (TPSA) is 52.9 Å². The zero-order valence-corrected chi connectivity index (χ0v) is 13.6. The molecular weight excluding hydrogens is 352 g/mol. The molecule has 1 amide bonds. The van der Waals surface area contributed by atoms with E-state index in [0.29, 0.717) is 0 Å². The number of amides is 1. The van der Waals surface area contributed by atoms with Gasteiger partial charge in [0.05, 0.1) is 12.1 Å². The molecule has 136 valence electrons. The van der Waals surface area contributed by atoms with Gasteiger partial charge in [0.2, 0.25) is 0 Å². The lowest BCUT2D eigenvalue weighted by atomic mass is 10.0. The first-order valence-electron chi connectivity index (χ1n) is 7.65. The molecule has 0 unspecified atom stereocenters. The quantitative estimate of drug-likeness (QED) is 0.825. The van der Waals surface area contributed by atoms with Crippen molar-refractivity contribution < 1.29 is 27.5 Å². The van der Waals surface area contributed by atoms with Gasteiger partial charge in [-0.05, 0) is 36.8 Å². The second-order valence-electron chi connectivity index (χ2n) is 6.03. The summed E-state index contributed by atoms with van der Waals surface area (Å²) in [6.07, 6.45) is -6.07. The van der Waals surface area contributed by atoms with Gasteiger partial charge >= 0.3 is 6.18 Å². The third-order valence-electron chi connectivity index (χ3n) is 4.11. The van der Waals surface area contributed by atoms with Crippen molar-refractivity contribution in [3.63, 3.8) is 0 Å². The third-order valence-corrected chi connectivity index (χ3v) is 4.11. The van der Waals surface area contributed by atoms with Crippen LogP contribution in [0.2, 0.25) is 0 Å². The third kappa shape index (κ3) is 3.08. The van der Waals surface area contributed by atoms with Gasteiger partial charge in [0.1, 0.15) is 5.82 Å². The maximum absolute atomic E-state index is 13.5. The molecule has 0 radical (unpaired) electrons. The molecule has 2 aromatic carbocycles. The van der Waals surface area contributed by atoms with Crippen molar-refractivity contribution in [1.29, 1.82) is 0 Å². The number of aryl methyl sites for hydroxylation is 1. The molecule has 1 heterocycles. The van der Waals surface area contributed by atoms with Gasteiger partial charge in [0, 0.05) is 5.56 Å². The van der Waals surface area contributed by atoms with Crippen LogP contribution < -0.4 is 0 Å². The van der Waals surface area contributed by atoms with Crippen LogP contribution in [0.1, 0.15) is 27.9 Å². The van der Waals surface area contributed by atoms with Crippen LogP contribution in [-0.4, -0.2) is 33.6 Å². The number of rotatable bonds is 2. The van der Waals surface area contributed by atoms with Crippen molar-refractivity contribution in [3.8, 4) is 0 Å². The van der Waals surface area contributed by atoms with Crippen molar-refractivity contribution in [1.82, 2.24) is 5.01 Å². The Labute approximate surface area is 146 Å². The van der Waals surface area contributed by atoms with Crippen LogP contribution in [0.3, 0.4) is 0 Å². The first-order valence-corrected chi connectivity index (χ1v) is 7.65. The lowest BCUT2D eigenvalue weighted by Crippen LogP contribution is -2.56. The zero-order chi connectivity index (χ0) is 19.1. The molecule has 1 aliphatic heterocycles. The monoisotopic (exact) mass is 366 g/mol. The molecular formula is C18H14F4N2O2. The van der Waals surface area contributed by atoms with E-state index in [0.717, 1.165) is 17.7 Å². The molecule has 3 rings (SSSR count). The summed E-state index contributed by atoms with van der Waals surface area (Å²) in [5, 5.41) is 14.0. The van der Waals surface area contributed by atoms with Crippen LogP contribution in [0.25, 0.3) is 0 Å². The first kappa shape index (κ1) is 18.1. The standard InChI is InChI=1S/C18H14F4N2O2/c1-11-2-4-13(5-3-11)16(25)24-17(26,18(20,21)22)10-15(23-24)12-6-8-14(19)9-7-12/h2-9,26H,10H2,1H3/t17-/m0/s1. The average Bonchev–Trinajstić information content (AvgIpc) is 2.94. The van der Waals surface area contributed by atoms with Gasteiger partial charge in [-0.25, -0.2) is 4.39 Å². The summed E-state index contributed by atoms with van der Waals surface area (Å²) < 4.78 is 53.6. The minimum absolute atomic E-state index is 0.0395. The lowest BCUT2D eigenvalue weighted by molar-refractivity contribution is -0.297. The number of nitrogens with zero attached hydrogens (tertiary/aromatic N) is 2. The molecule has 0 bridgehead atoms. The molecule has 2 aromatic rings. The van der Waals surface area contributed by atoms with Crippen LogP contribution in [0.15, 0.2) is 53.6 Å². The van der Waals surface area contributed by atoms with Crippen LogP contribution in [0.5, 0.6) is 0 Å². The normalized spacial score (nSPS) is 20.2. The van der Waals surface area contributed by atoms with E-state index in [-0.39, 0.29) is 21.8 Å². The van der Waals surface area contributed by atoms with Crippen LogP contribution >= 0.6 is 0 Å². The number of halogens is 4. The number of carbonyl (C=O) groups excluding carboxylic acids is 1. The highest BCUT2D eigenvalue weighted by atomic mass is 19.4. The summed E-state index contributed by atoms with van der Waals surface area (Å²) in [5.41, 5.74) is -2.66. The SMILES string of the molecule is Cc1ccc(C(=O)N2N=C(c3ccc(F)cc3)C[C@]2(O)C(F)(F)F)cc1. The Balaban J connectivity index is 2.03. The van der Waals surface area contributed by atoms with Crippen molar-refractivity contribution >= 4 is 11.6 Å². The molecule has 4 nitrogen and oxygen atoms in total. The molecule has 0 aliphatic carbocycles. The number of benzene rings is 2. The number of aliphatic hydroxyl groups is 1. The maximum Gasteiger partial charge on any atom is 0.438 e. The molecule has 1 N–H and O–H groups in total. The van der Waals surface area contributed by atoms with Gasteiger partial charge < -0.3 is 5.11 Å². The molecule has 8 heteroatoms. The molecule has 0 aromatic heterocycles. The van der Waals surface area contributed by atoms with Gasteiger partial charge in [-0.3, -0.25) is 4.79 Å². The van der Waals surface area contributed by atoms with Gasteiger partial charge in [0.25, 0.3) is 11.6 Å². The molecule has 26 heavy (non-hydrogen) atoms. The average molecular weight is 366 g/mol. The van der Waals surface area contributed by atoms with E-state index in [1.165, 1.54) is 24.3 Å². The fourth-order valence-electron chi connectivity index (χ4n) is 2.60. The number of hydrazone groups is 1. The number of alkyl halides is 3. The van der Waals surface area contributed by atoms with Gasteiger partial charge in [0.15, 0.2) is 0 Å². The summed E-state index contributed by atoms with van der Waals surface area (Å²) in [6, 6.07) is 10.5. The number of hydrogen-bond acceptors (Lipinski definition) is 3. The van der Waals surface area contributed by atoms with Gasteiger partial charge in [-0.2, -0.15) is 23.3 Å². The fourth-order valence-corrected chi connectivity index (χ4v) is 2.60. The second-order valence-corrected chi connectivity index (χ2v) is 6.03. The summed E-state index contributed by atoms with van der Waals surface area (Å²) in [6.45, 7) is 1.76.